The van der Waals surface area contributed by atoms with Crippen LogP contribution >= 0.6 is 0 Å². The number of carboxylic acid groups (broad SMARTS) is 1. The van der Waals surface area contributed by atoms with Crippen LogP contribution in [0.2, 0.25) is 0 Å². The lowest BCUT2D eigenvalue weighted by atomic mass is 9.94. The largest absolute Gasteiger partial charge is 0.481 e. The molecule has 0 bridgehead atoms. The molecule has 4 heterocycles. The number of anilines is 1. The minimum absolute atomic E-state index is 0.0497. The molecule has 0 aliphatic carbocycles. The maximum Gasteiger partial charge on any atom is 0.304 e. The molecule has 2 unspecified atom stereocenters. The lowest BCUT2D eigenvalue weighted by Crippen LogP contribution is -2.28. The fourth-order valence-corrected chi connectivity index (χ4v) is 5.92. The summed E-state index contributed by atoms with van der Waals surface area (Å²) in [6.45, 7) is 7.98. The number of aliphatic carboxylic acids is 1. The highest BCUT2D eigenvalue weighted by Crippen LogP contribution is 2.29. The molecular weight excluding hydrogens is 462 g/mol. The second kappa shape index (κ2) is 11.5. The number of rotatable bonds is 10. The maximum absolute atomic E-state index is 11.8. The van der Waals surface area contributed by atoms with E-state index in [4.69, 9.17) is 4.98 Å². The molecule has 3 aromatic rings. The van der Waals surface area contributed by atoms with Gasteiger partial charge >= 0.3 is 5.97 Å². The van der Waals surface area contributed by atoms with Gasteiger partial charge in [0.25, 0.3) is 0 Å². The van der Waals surface area contributed by atoms with E-state index >= 15 is 0 Å². The smallest absolute Gasteiger partial charge is 0.304 e. The quantitative estimate of drug-likeness (QED) is 0.406. The Bertz CT molecular complexity index is 1240. The van der Waals surface area contributed by atoms with E-state index in [2.05, 4.69) is 58.6 Å². The molecule has 2 aliphatic rings. The molecule has 2 aliphatic heterocycles. The number of fused-ring (bicyclic) bond motifs is 1. The summed E-state index contributed by atoms with van der Waals surface area (Å²) in [6, 6.07) is 14.8. The number of nitrogens with one attached hydrogen (secondary N) is 1. The Kier molecular flexibility index (Phi) is 7.89. The molecule has 37 heavy (non-hydrogen) atoms. The first-order valence-corrected chi connectivity index (χ1v) is 13.8. The van der Waals surface area contributed by atoms with Gasteiger partial charge in [0.1, 0.15) is 5.82 Å². The highest BCUT2D eigenvalue weighted by Gasteiger charge is 2.27. The second-order valence-corrected chi connectivity index (χ2v) is 10.7. The molecule has 1 saturated heterocycles. The van der Waals surface area contributed by atoms with Crippen molar-refractivity contribution >= 4 is 11.8 Å². The third-order valence-corrected chi connectivity index (χ3v) is 7.88. The predicted octanol–water partition coefficient (Wildman–Crippen LogP) is 5.01. The summed E-state index contributed by atoms with van der Waals surface area (Å²) < 4.78 is 1.99. The van der Waals surface area contributed by atoms with Crippen LogP contribution in [0.5, 0.6) is 0 Å². The summed E-state index contributed by atoms with van der Waals surface area (Å²) in [5, 5.41) is 17.8. The van der Waals surface area contributed by atoms with Crippen molar-refractivity contribution in [1.82, 2.24) is 19.7 Å². The Morgan fingerprint density at radius 3 is 2.97 bits per heavy atom. The number of aromatic nitrogens is 3. The molecule has 1 fully saturated rings. The van der Waals surface area contributed by atoms with Crippen molar-refractivity contribution in [1.29, 1.82) is 0 Å². The van der Waals surface area contributed by atoms with Crippen molar-refractivity contribution in [2.24, 2.45) is 5.92 Å². The molecule has 0 amide bonds. The fourth-order valence-electron chi connectivity index (χ4n) is 5.92. The Hall–Kier alpha value is -3.19. The van der Waals surface area contributed by atoms with Crippen LogP contribution in [0, 0.1) is 12.8 Å². The van der Waals surface area contributed by atoms with Gasteiger partial charge < -0.3 is 15.3 Å². The number of nitrogens with zero attached hydrogens (tertiary/aromatic N) is 4. The zero-order chi connectivity index (χ0) is 25.8. The van der Waals surface area contributed by atoms with Crippen LogP contribution in [0.15, 0.2) is 42.5 Å². The zero-order valence-electron chi connectivity index (χ0n) is 22.1. The average Bonchev–Trinajstić information content (AvgIpc) is 3.52. The third-order valence-electron chi connectivity index (χ3n) is 7.88. The molecule has 196 valence electrons. The summed E-state index contributed by atoms with van der Waals surface area (Å²) in [6.07, 6.45) is 6.62. The molecule has 0 spiro atoms. The van der Waals surface area contributed by atoms with E-state index in [9.17, 15) is 9.90 Å². The van der Waals surface area contributed by atoms with Gasteiger partial charge in [-0.3, -0.25) is 4.79 Å². The van der Waals surface area contributed by atoms with Gasteiger partial charge in [-0.05, 0) is 93.3 Å². The van der Waals surface area contributed by atoms with Gasteiger partial charge in [-0.25, -0.2) is 9.67 Å². The molecule has 0 saturated carbocycles. The van der Waals surface area contributed by atoms with Gasteiger partial charge in [0.2, 0.25) is 0 Å². The number of aryl methyl sites for hydroxylation is 4. The van der Waals surface area contributed by atoms with Crippen molar-refractivity contribution in [3.05, 3.63) is 70.7 Å². The van der Waals surface area contributed by atoms with Crippen LogP contribution in [0.4, 0.5) is 5.82 Å². The van der Waals surface area contributed by atoms with E-state index in [1.165, 1.54) is 17.7 Å². The summed E-state index contributed by atoms with van der Waals surface area (Å²) in [7, 11) is 0. The molecule has 2 atom stereocenters. The van der Waals surface area contributed by atoms with Gasteiger partial charge in [0, 0.05) is 36.9 Å². The van der Waals surface area contributed by atoms with E-state index in [0.29, 0.717) is 5.92 Å². The van der Waals surface area contributed by atoms with Crippen LogP contribution < -0.4 is 5.32 Å². The molecule has 5 rings (SSSR count). The number of likely N-dealkylation sites (tertiary alicyclic amines) is 1. The fraction of sp³-hybridized carbons (Fsp3) is 0.500. The summed E-state index contributed by atoms with van der Waals surface area (Å²) >= 11 is 0. The van der Waals surface area contributed by atoms with Crippen molar-refractivity contribution in [2.45, 2.75) is 64.7 Å². The topological polar surface area (TPSA) is 83.3 Å². The van der Waals surface area contributed by atoms with Crippen molar-refractivity contribution in [2.75, 3.05) is 31.5 Å². The molecule has 7 nitrogen and oxygen atoms in total. The first-order valence-electron chi connectivity index (χ1n) is 13.8. The van der Waals surface area contributed by atoms with Gasteiger partial charge in [-0.1, -0.05) is 25.1 Å². The lowest BCUT2D eigenvalue weighted by molar-refractivity contribution is -0.137. The first-order chi connectivity index (χ1) is 18.0. The normalized spacial score (nSPS) is 18.4. The van der Waals surface area contributed by atoms with Crippen LogP contribution in [0.1, 0.15) is 66.7 Å². The summed E-state index contributed by atoms with van der Waals surface area (Å²) in [5.41, 5.74) is 6.75. The summed E-state index contributed by atoms with van der Waals surface area (Å²) in [5.74, 6) is 0.905. The number of hydrogen-bond donors (Lipinski definition) is 2. The number of hydrogen-bond acceptors (Lipinski definition) is 5. The predicted molar refractivity (Wildman–Crippen MR) is 147 cm³/mol. The van der Waals surface area contributed by atoms with Crippen LogP contribution in [-0.2, 0) is 24.1 Å². The number of benzene rings is 1. The number of carboxylic acids is 1. The monoisotopic (exact) mass is 501 g/mol. The highest BCUT2D eigenvalue weighted by atomic mass is 16.4. The Balaban J connectivity index is 1.22. The van der Waals surface area contributed by atoms with Crippen molar-refractivity contribution in [3.63, 3.8) is 0 Å². The Labute approximate surface area is 219 Å². The molecule has 2 aromatic heterocycles. The molecule has 0 radical (unpaired) electrons. The van der Waals surface area contributed by atoms with E-state index in [0.717, 1.165) is 86.7 Å². The van der Waals surface area contributed by atoms with Crippen LogP contribution in [0.25, 0.3) is 5.69 Å². The van der Waals surface area contributed by atoms with Crippen molar-refractivity contribution < 1.29 is 9.90 Å². The van der Waals surface area contributed by atoms with Gasteiger partial charge in [0.05, 0.1) is 17.8 Å². The first kappa shape index (κ1) is 25.5. The highest BCUT2D eigenvalue weighted by molar-refractivity contribution is 5.68. The van der Waals surface area contributed by atoms with Crippen LogP contribution in [0.3, 0.4) is 0 Å². The number of carbonyl (C=O) groups is 1. The third kappa shape index (κ3) is 6.21. The van der Waals surface area contributed by atoms with Crippen molar-refractivity contribution in [3.8, 4) is 5.69 Å². The van der Waals surface area contributed by atoms with Crippen LogP contribution in [-0.4, -0.2) is 56.9 Å². The second-order valence-electron chi connectivity index (χ2n) is 10.7. The minimum Gasteiger partial charge on any atom is -0.481 e. The standard InChI is InChI=1S/C30H39N5O2/c1-3-27-16-21(2)33-35(27)28-8-4-6-24(17-28)25(18-29(36)37)20-34-15-13-22(19-34)9-11-26-12-10-23-7-5-14-31-30(23)32-26/h4,6,8,10,12,16-17,22,25H,3,5,7,9,11,13-15,18-20H2,1-2H3,(H,31,32)(H,36,37). The molecule has 2 N–H and O–H groups in total. The minimum atomic E-state index is -0.748. The van der Waals surface area contributed by atoms with Gasteiger partial charge in [-0.2, -0.15) is 5.10 Å². The average molecular weight is 502 g/mol. The van der Waals surface area contributed by atoms with E-state index in [1.54, 1.807) is 0 Å². The molecule has 1 aromatic carbocycles. The SMILES string of the molecule is CCc1cc(C)nn1-c1cccc(C(CC(=O)O)CN2CCC(CCc3ccc4c(n3)NCCC4)C2)c1. The van der Waals surface area contributed by atoms with E-state index in [-0.39, 0.29) is 12.3 Å². The van der Waals surface area contributed by atoms with E-state index in [1.807, 2.05) is 17.7 Å². The Morgan fingerprint density at radius 2 is 2.14 bits per heavy atom. The van der Waals surface area contributed by atoms with Gasteiger partial charge in [-0.15, -0.1) is 0 Å². The molecular formula is C30H39N5O2. The lowest BCUT2D eigenvalue weighted by Gasteiger charge is -2.24. The number of pyridine rings is 1. The van der Waals surface area contributed by atoms with Gasteiger partial charge in [0.15, 0.2) is 0 Å². The zero-order valence-corrected chi connectivity index (χ0v) is 22.1. The maximum atomic E-state index is 11.8. The molecule has 7 heteroatoms. The van der Waals surface area contributed by atoms with E-state index < -0.39 is 5.97 Å². The summed E-state index contributed by atoms with van der Waals surface area (Å²) in [4.78, 5) is 19.1. The Morgan fingerprint density at radius 1 is 1.24 bits per heavy atom.